The molecule has 3 aromatic carbocycles. The molecule has 1 atom stereocenters. The van der Waals surface area contributed by atoms with Crippen LogP contribution in [-0.2, 0) is 35.2 Å². The third kappa shape index (κ3) is 6.96. The van der Waals surface area contributed by atoms with Gasteiger partial charge in [0.1, 0.15) is 16.4 Å². The molecule has 0 saturated heterocycles. The molecule has 222 valence electrons. The van der Waals surface area contributed by atoms with Crippen LogP contribution in [0.4, 0.5) is 4.39 Å². The monoisotopic (exact) mass is 632 g/mol. The third-order valence-corrected chi connectivity index (χ3v) is 11.5. The van der Waals surface area contributed by atoms with Crippen LogP contribution >= 0.6 is 0 Å². The van der Waals surface area contributed by atoms with Gasteiger partial charge in [-0.2, -0.15) is 8.42 Å². The van der Waals surface area contributed by atoms with Crippen LogP contribution in [0.5, 0.6) is 11.5 Å². The van der Waals surface area contributed by atoms with Crippen LogP contribution in [0.25, 0.3) is 0 Å². The van der Waals surface area contributed by atoms with Crippen LogP contribution < -0.4 is 4.74 Å². The maximum absolute atomic E-state index is 14.7. The second-order valence-corrected chi connectivity index (χ2v) is 15.1. The summed E-state index contributed by atoms with van der Waals surface area (Å²) in [5.41, 5.74) is 0.0609. The predicted molar refractivity (Wildman–Crippen MR) is 159 cm³/mol. The van der Waals surface area contributed by atoms with Crippen LogP contribution in [0.15, 0.2) is 137 Å². The maximum Gasteiger partial charge on any atom is 0.328 e. The van der Waals surface area contributed by atoms with E-state index >= 15 is 0 Å². The first-order chi connectivity index (χ1) is 19.6. The minimum atomic E-state index is -5.65. The fourth-order valence-corrected chi connectivity index (χ4v) is 7.70. The van der Waals surface area contributed by atoms with E-state index in [0.29, 0.717) is 11.1 Å². The van der Waals surface area contributed by atoms with Gasteiger partial charge < -0.3 is 4.74 Å². The molecular formula is C30H29FO8S3. The van der Waals surface area contributed by atoms with Gasteiger partial charge in [0.15, 0.2) is 0 Å². The number of ether oxygens (including phenoxy) is 1. The molecule has 1 N–H and O–H groups in total. The number of hydrogen-bond acceptors (Lipinski definition) is 7. The Morgan fingerprint density at radius 1 is 0.881 bits per heavy atom. The lowest BCUT2D eigenvalue weighted by Crippen LogP contribution is -2.27. The summed E-state index contributed by atoms with van der Waals surface area (Å²) in [5.74, 6) is -0.468. The third-order valence-electron chi connectivity index (χ3n) is 6.33. The zero-order valence-corrected chi connectivity index (χ0v) is 25.2. The summed E-state index contributed by atoms with van der Waals surface area (Å²) in [6.07, 6.45) is 8.18. The highest BCUT2D eigenvalue weighted by atomic mass is 32.3. The summed E-state index contributed by atoms with van der Waals surface area (Å²) < 4.78 is 105. The minimum Gasteiger partial charge on any atom is -0.456 e. The summed E-state index contributed by atoms with van der Waals surface area (Å²) in [7, 11) is -14.9. The maximum atomic E-state index is 14.7. The minimum absolute atomic E-state index is 0.0195. The normalized spacial score (nSPS) is 14.0. The molecule has 3 rings (SSSR count). The molecule has 0 amide bonds. The van der Waals surface area contributed by atoms with Crippen LogP contribution in [0, 0.1) is 0 Å². The molecule has 1 unspecified atom stereocenters. The first kappa shape index (κ1) is 32.7. The van der Waals surface area contributed by atoms with Gasteiger partial charge in [-0.25, -0.2) is 21.2 Å². The van der Waals surface area contributed by atoms with Crippen molar-refractivity contribution in [2.75, 3.05) is 0 Å². The van der Waals surface area contributed by atoms with Crippen molar-refractivity contribution in [3.63, 3.8) is 0 Å². The van der Waals surface area contributed by atoms with Crippen molar-refractivity contribution < 1.29 is 38.9 Å². The highest BCUT2D eigenvalue weighted by molar-refractivity contribution is 8.06. The largest absolute Gasteiger partial charge is 0.456 e. The summed E-state index contributed by atoms with van der Waals surface area (Å²) >= 11 is 0. The van der Waals surface area contributed by atoms with Crippen molar-refractivity contribution in [2.24, 2.45) is 0 Å². The van der Waals surface area contributed by atoms with E-state index in [1.54, 1.807) is 62.4 Å². The van der Waals surface area contributed by atoms with Gasteiger partial charge in [-0.1, -0.05) is 81.7 Å². The average molecular weight is 633 g/mol. The molecule has 0 aliphatic heterocycles. The van der Waals surface area contributed by atoms with Gasteiger partial charge in [0.25, 0.3) is 0 Å². The molecule has 0 aromatic heterocycles. The van der Waals surface area contributed by atoms with Crippen molar-refractivity contribution in [1.82, 2.24) is 0 Å². The Labute approximate surface area is 245 Å². The van der Waals surface area contributed by atoms with Crippen molar-refractivity contribution in [3.8, 4) is 11.5 Å². The molecule has 0 bridgehead atoms. The lowest BCUT2D eigenvalue weighted by atomic mass is 9.77. The van der Waals surface area contributed by atoms with Gasteiger partial charge in [-0.05, 0) is 59.7 Å². The highest BCUT2D eigenvalue weighted by Crippen LogP contribution is 2.39. The molecule has 12 heteroatoms. The van der Waals surface area contributed by atoms with E-state index in [4.69, 9.17) is 4.74 Å². The molecule has 42 heavy (non-hydrogen) atoms. The fourth-order valence-electron chi connectivity index (χ4n) is 3.95. The Balaban J connectivity index is 2.13. The number of allylic oxidation sites excluding steroid dienone is 6. The van der Waals surface area contributed by atoms with Crippen LogP contribution in [-0.4, -0.2) is 34.6 Å². The van der Waals surface area contributed by atoms with Gasteiger partial charge in [0.05, 0.1) is 9.79 Å². The Hall–Kier alpha value is -3.84. The van der Waals surface area contributed by atoms with Crippen LogP contribution in [0.1, 0.15) is 19.4 Å². The summed E-state index contributed by atoms with van der Waals surface area (Å²) in [4.78, 5) is -4.52. The molecule has 0 fully saturated rings. The van der Waals surface area contributed by atoms with E-state index in [-0.39, 0.29) is 15.5 Å². The van der Waals surface area contributed by atoms with Crippen molar-refractivity contribution in [2.45, 2.75) is 38.8 Å². The topological polar surface area (TPSA) is 132 Å². The highest BCUT2D eigenvalue weighted by Gasteiger charge is 2.41. The quantitative estimate of drug-likeness (QED) is 0.180. The van der Waals surface area contributed by atoms with Crippen molar-refractivity contribution >= 4 is 29.8 Å². The first-order valence-corrected chi connectivity index (χ1v) is 16.8. The van der Waals surface area contributed by atoms with Gasteiger partial charge in [-0.3, -0.25) is 4.55 Å². The molecule has 0 aliphatic carbocycles. The van der Waals surface area contributed by atoms with Gasteiger partial charge in [0, 0.05) is 5.41 Å². The zero-order chi connectivity index (χ0) is 31.3. The second-order valence-electron chi connectivity index (χ2n) is 9.46. The lowest BCUT2D eigenvalue weighted by Gasteiger charge is -2.28. The molecule has 0 heterocycles. The number of rotatable bonds is 12. The Morgan fingerprint density at radius 3 is 2.02 bits per heavy atom. The Kier molecular flexibility index (Phi) is 9.78. The standard InChI is InChI=1S/C30H29FO8S3/c1-5-7-9-12-22(6-2)30(3,4)23-15-20-27(28(21-23)41(34,35)29(31)42(36,37)38)39-24-16-18-26(19-17-24)40(32,33)25-13-10-8-11-14-25/h5-21,29H,1-2H2,3-4H3,(H,36,37,38)/b9-7-,22-12+. The van der Waals surface area contributed by atoms with E-state index in [0.717, 1.165) is 6.07 Å². The molecule has 8 nitrogen and oxygen atoms in total. The van der Waals surface area contributed by atoms with Gasteiger partial charge in [-0.15, -0.1) is 0 Å². The molecule has 0 aliphatic rings. The van der Waals surface area contributed by atoms with Crippen LogP contribution in [0.2, 0.25) is 0 Å². The molecule has 0 saturated carbocycles. The van der Waals surface area contributed by atoms with E-state index < -0.39 is 50.7 Å². The first-order valence-electron chi connectivity index (χ1n) is 12.3. The number of sulfone groups is 2. The molecular weight excluding hydrogens is 604 g/mol. The van der Waals surface area contributed by atoms with Gasteiger partial charge >= 0.3 is 15.0 Å². The molecule has 0 spiro atoms. The SMILES string of the molecule is C=C/C=C\C=C(/C=C)C(C)(C)c1ccc(Oc2ccc(S(=O)(=O)c3ccccc3)cc2)c(S(=O)(=O)C(F)S(=O)(=O)O)c1. The van der Waals surface area contributed by atoms with E-state index in [9.17, 15) is 34.2 Å². The van der Waals surface area contributed by atoms with Crippen molar-refractivity contribution in [1.29, 1.82) is 0 Å². The predicted octanol–water partition coefficient (Wildman–Crippen LogP) is 6.36. The van der Waals surface area contributed by atoms with Crippen molar-refractivity contribution in [3.05, 3.63) is 127 Å². The molecule has 0 radical (unpaired) electrons. The smallest absolute Gasteiger partial charge is 0.328 e. The summed E-state index contributed by atoms with van der Waals surface area (Å²) in [6.45, 7) is 10.9. The fraction of sp³-hybridized carbons (Fsp3) is 0.133. The number of halogens is 1. The number of benzene rings is 3. The summed E-state index contributed by atoms with van der Waals surface area (Å²) in [6, 6.07) is 16.5. The average Bonchev–Trinajstić information content (AvgIpc) is 2.95. The summed E-state index contributed by atoms with van der Waals surface area (Å²) in [5, 5.41) is 0. The zero-order valence-electron chi connectivity index (χ0n) is 22.7. The van der Waals surface area contributed by atoms with E-state index in [1.165, 1.54) is 48.5 Å². The lowest BCUT2D eigenvalue weighted by molar-refractivity contribution is 0.417. The van der Waals surface area contributed by atoms with E-state index in [2.05, 4.69) is 13.2 Å². The van der Waals surface area contributed by atoms with Crippen LogP contribution in [0.3, 0.4) is 0 Å². The number of alkyl halides is 1. The van der Waals surface area contributed by atoms with E-state index in [1.807, 2.05) is 0 Å². The number of hydrogen-bond donors (Lipinski definition) is 1. The second kappa shape index (κ2) is 12.6. The van der Waals surface area contributed by atoms with Gasteiger partial charge in [0.2, 0.25) is 19.7 Å². The Morgan fingerprint density at radius 2 is 1.48 bits per heavy atom. The Bertz CT molecular complexity index is 1860. The molecule has 3 aromatic rings.